The summed E-state index contributed by atoms with van der Waals surface area (Å²) in [6.07, 6.45) is 2.30. The third-order valence-electron chi connectivity index (χ3n) is 2.11. The maximum Gasteiger partial charge on any atom is 0.354 e. The summed E-state index contributed by atoms with van der Waals surface area (Å²) < 4.78 is 1.43. The summed E-state index contributed by atoms with van der Waals surface area (Å²) in [6.45, 7) is 4.00. The minimum atomic E-state index is -0.906. The molecule has 1 saturated carbocycles. The van der Waals surface area contributed by atoms with E-state index in [0.717, 1.165) is 18.5 Å². The van der Waals surface area contributed by atoms with Gasteiger partial charge in [-0.25, -0.2) is 4.79 Å². The van der Waals surface area contributed by atoms with Gasteiger partial charge in [0.25, 0.3) is 0 Å². The molecule has 0 atom stereocenters. The van der Waals surface area contributed by atoms with E-state index in [-0.39, 0.29) is 5.69 Å². The number of nitrogens with zero attached hydrogens (tertiary/aromatic N) is 2. The van der Waals surface area contributed by atoms with Gasteiger partial charge in [-0.1, -0.05) is 13.8 Å². The molecular weight excluding hydrogens is 180 g/mol. The van der Waals surface area contributed by atoms with Crippen LogP contribution in [0, 0.1) is 0 Å². The molecule has 0 saturated heterocycles. The van der Waals surface area contributed by atoms with E-state index in [1.54, 1.807) is 13.1 Å². The van der Waals surface area contributed by atoms with Crippen LogP contribution in [0.4, 0.5) is 0 Å². The van der Waals surface area contributed by atoms with Gasteiger partial charge in [0.2, 0.25) is 0 Å². The van der Waals surface area contributed by atoms with Crippen molar-refractivity contribution < 1.29 is 9.90 Å². The Bertz CT molecular complexity index is 327. The molecule has 1 aromatic heterocycles. The summed E-state index contributed by atoms with van der Waals surface area (Å²) >= 11 is 0. The molecule has 0 aromatic carbocycles. The van der Waals surface area contributed by atoms with Crippen molar-refractivity contribution in [3.8, 4) is 0 Å². The average molecular weight is 196 g/mol. The standard InChI is InChI=1S/C8H10N2O2.C2H6/c1-10-7(8(11)12)4-6(9-10)5-2-3-5;1-2/h4-5H,2-3H2,1H3,(H,11,12);1-2H3. The van der Waals surface area contributed by atoms with Crippen LogP contribution < -0.4 is 0 Å². The molecule has 4 nitrogen and oxygen atoms in total. The first-order valence-corrected chi connectivity index (χ1v) is 4.95. The number of hydrogen-bond donors (Lipinski definition) is 1. The molecule has 1 heterocycles. The Kier molecular flexibility index (Phi) is 3.28. The van der Waals surface area contributed by atoms with Crippen LogP contribution in [-0.2, 0) is 7.05 Å². The summed E-state index contributed by atoms with van der Waals surface area (Å²) in [5, 5.41) is 12.9. The highest BCUT2D eigenvalue weighted by Crippen LogP contribution is 2.39. The maximum absolute atomic E-state index is 10.6. The quantitative estimate of drug-likeness (QED) is 0.787. The lowest BCUT2D eigenvalue weighted by Gasteiger charge is -1.91. The number of carbonyl (C=O) groups is 1. The van der Waals surface area contributed by atoms with Gasteiger partial charge in [0.15, 0.2) is 0 Å². The number of aromatic nitrogens is 2. The highest BCUT2D eigenvalue weighted by Gasteiger charge is 2.27. The third kappa shape index (κ3) is 2.13. The number of carboxylic acid groups (broad SMARTS) is 1. The monoisotopic (exact) mass is 196 g/mol. The first-order valence-electron chi connectivity index (χ1n) is 4.95. The minimum absolute atomic E-state index is 0.275. The second-order valence-corrected chi connectivity index (χ2v) is 3.16. The minimum Gasteiger partial charge on any atom is -0.477 e. The predicted molar refractivity (Wildman–Crippen MR) is 53.5 cm³/mol. The third-order valence-corrected chi connectivity index (χ3v) is 2.11. The van der Waals surface area contributed by atoms with Crippen LogP contribution in [0.2, 0.25) is 0 Å². The lowest BCUT2D eigenvalue weighted by molar-refractivity contribution is 0.0685. The normalized spacial score (nSPS) is 14.5. The van der Waals surface area contributed by atoms with E-state index in [9.17, 15) is 4.79 Å². The molecule has 1 aliphatic carbocycles. The van der Waals surface area contributed by atoms with Gasteiger partial charge in [0.1, 0.15) is 5.69 Å². The molecule has 0 unspecified atom stereocenters. The van der Waals surface area contributed by atoms with Crippen molar-refractivity contribution >= 4 is 5.97 Å². The van der Waals surface area contributed by atoms with Gasteiger partial charge >= 0.3 is 5.97 Å². The second kappa shape index (κ2) is 4.26. The van der Waals surface area contributed by atoms with Gasteiger partial charge in [-0.15, -0.1) is 0 Å². The second-order valence-electron chi connectivity index (χ2n) is 3.16. The maximum atomic E-state index is 10.6. The Morgan fingerprint density at radius 3 is 2.50 bits per heavy atom. The van der Waals surface area contributed by atoms with E-state index in [1.807, 2.05) is 13.8 Å². The first kappa shape index (κ1) is 10.8. The van der Waals surface area contributed by atoms with Crippen molar-refractivity contribution in [2.45, 2.75) is 32.6 Å². The largest absolute Gasteiger partial charge is 0.477 e. The van der Waals surface area contributed by atoms with Crippen LogP contribution in [0.25, 0.3) is 0 Å². The molecule has 0 amide bonds. The molecule has 1 aliphatic rings. The molecule has 14 heavy (non-hydrogen) atoms. The zero-order valence-corrected chi connectivity index (χ0v) is 8.82. The van der Waals surface area contributed by atoms with Gasteiger partial charge in [0, 0.05) is 13.0 Å². The fourth-order valence-electron chi connectivity index (χ4n) is 1.27. The van der Waals surface area contributed by atoms with Crippen molar-refractivity contribution in [2.24, 2.45) is 7.05 Å². The van der Waals surface area contributed by atoms with Gasteiger partial charge in [-0.2, -0.15) is 5.10 Å². The average Bonchev–Trinajstić information content (AvgIpc) is 2.93. The van der Waals surface area contributed by atoms with E-state index < -0.39 is 5.97 Å². The first-order chi connectivity index (χ1) is 6.68. The molecule has 0 bridgehead atoms. The van der Waals surface area contributed by atoms with Gasteiger partial charge < -0.3 is 5.11 Å². The molecular formula is C10H16N2O2. The van der Waals surface area contributed by atoms with Gasteiger partial charge in [0.05, 0.1) is 5.69 Å². The predicted octanol–water partition coefficient (Wildman–Crippen LogP) is 2.02. The van der Waals surface area contributed by atoms with Crippen LogP contribution in [-0.4, -0.2) is 20.9 Å². The Hall–Kier alpha value is -1.32. The Balaban J connectivity index is 0.000000461. The zero-order chi connectivity index (χ0) is 10.7. The molecule has 4 heteroatoms. The fraction of sp³-hybridized carbons (Fsp3) is 0.600. The van der Waals surface area contributed by atoms with Crippen molar-refractivity contribution in [3.05, 3.63) is 17.5 Å². The number of carboxylic acids is 1. The topological polar surface area (TPSA) is 55.1 Å². The Morgan fingerprint density at radius 2 is 2.14 bits per heavy atom. The van der Waals surface area contributed by atoms with E-state index in [1.165, 1.54) is 4.68 Å². The van der Waals surface area contributed by atoms with Crippen LogP contribution in [0.3, 0.4) is 0 Å². The lowest BCUT2D eigenvalue weighted by Crippen LogP contribution is -2.04. The van der Waals surface area contributed by atoms with Gasteiger partial charge in [-0.3, -0.25) is 4.68 Å². The van der Waals surface area contributed by atoms with Crippen molar-refractivity contribution in [1.82, 2.24) is 9.78 Å². The molecule has 78 valence electrons. The molecule has 1 aromatic rings. The van der Waals surface area contributed by atoms with Crippen LogP contribution in [0.1, 0.15) is 48.8 Å². The molecule has 1 fully saturated rings. The molecule has 2 rings (SSSR count). The highest BCUT2D eigenvalue weighted by molar-refractivity contribution is 5.85. The smallest absolute Gasteiger partial charge is 0.354 e. The Labute approximate surface area is 83.5 Å². The number of aryl methyl sites for hydroxylation is 1. The SMILES string of the molecule is CC.Cn1nc(C2CC2)cc1C(=O)O. The van der Waals surface area contributed by atoms with Gasteiger partial charge in [-0.05, 0) is 18.9 Å². The Morgan fingerprint density at radius 1 is 1.57 bits per heavy atom. The summed E-state index contributed by atoms with van der Waals surface area (Å²) in [5.41, 5.74) is 1.20. The number of rotatable bonds is 2. The number of aromatic carboxylic acids is 1. The summed E-state index contributed by atoms with van der Waals surface area (Å²) in [4.78, 5) is 10.6. The van der Waals surface area contributed by atoms with Crippen molar-refractivity contribution in [2.75, 3.05) is 0 Å². The molecule has 0 spiro atoms. The summed E-state index contributed by atoms with van der Waals surface area (Å²) in [7, 11) is 1.66. The molecule has 1 N–H and O–H groups in total. The van der Waals surface area contributed by atoms with Crippen molar-refractivity contribution in [3.63, 3.8) is 0 Å². The number of hydrogen-bond acceptors (Lipinski definition) is 2. The van der Waals surface area contributed by atoms with E-state index >= 15 is 0 Å². The van der Waals surface area contributed by atoms with Crippen LogP contribution >= 0.6 is 0 Å². The summed E-state index contributed by atoms with van der Waals surface area (Å²) in [6, 6.07) is 1.67. The zero-order valence-electron chi connectivity index (χ0n) is 8.82. The van der Waals surface area contributed by atoms with E-state index in [4.69, 9.17) is 5.11 Å². The summed E-state index contributed by atoms with van der Waals surface area (Å²) in [5.74, 6) is -0.388. The molecule has 0 radical (unpaired) electrons. The highest BCUT2D eigenvalue weighted by atomic mass is 16.4. The van der Waals surface area contributed by atoms with Crippen molar-refractivity contribution in [1.29, 1.82) is 0 Å². The van der Waals surface area contributed by atoms with Crippen LogP contribution in [0.15, 0.2) is 6.07 Å². The van der Waals surface area contributed by atoms with E-state index in [0.29, 0.717) is 5.92 Å². The van der Waals surface area contributed by atoms with E-state index in [2.05, 4.69) is 5.10 Å². The fourth-order valence-corrected chi connectivity index (χ4v) is 1.27. The van der Waals surface area contributed by atoms with Crippen LogP contribution in [0.5, 0.6) is 0 Å². The lowest BCUT2D eigenvalue weighted by atomic mass is 10.3. The molecule has 0 aliphatic heterocycles.